The van der Waals surface area contributed by atoms with Gasteiger partial charge in [0.05, 0.1) is 45.2 Å². The van der Waals surface area contributed by atoms with Gasteiger partial charge in [-0.3, -0.25) is 10.4 Å². The van der Waals surface area contributed by atoms with Crippen molar-refractivity contribution in [3.63, 3.8) is 0 Å². The van der Waals surface area contributed by atoms with E-state index >= 15 is 0 Å². The number of hydrogen-bond acceptors (Lipinski definition) is 3. The lowest BCUT2D eigenvalue weighted by Crippen LogP contribution is -2.17. The van der Waals surface area contributed by atoms with Gasteiger partial charge in [-0.05, 0) is 54.6 Å². The molecule has 6 aromatic carbocycles. The lowest BCUT2D eigenvalue weighted by molar-refractivity contribution is 1.05. The van der Waals surface area contributed by atoms with E-state index in [1.807, 2.05) is 85.2 Å². The molecule has 0 saturated heterocycles. The first-order valence-corrected chi connectivity index (χ1v) is 16.9. The van der Waals surface area contributed by atoms with Crippen LogP contribution in [0.1, 0.15) is 5.56 Å². The zero-order valence-electron chi connectivity index (χ0n) is 27.3. The molecule has 0 spiro atoms. The Kier molecular flexibility index (Phi) is 6.50. The number of hydrogen-bond donors (Lipinski definition) is 2. The quantitative estimate of drug-likeness (QED) is 0.146. The molecular formula is C44H29N7. The maximum absolute atomic E-state index is 9.14. The fourth-order valence-corrected chi connectivity index (χ4v) is 7.42. The number of nitrogens with one attached hydrogen (secondary N) is 2. The number of aromatic nitrogens is 5. The SMILES string of the molecule is N=C(N=c1nc(-c2ccccc2)c2ccccc2[nH]1)c1cccc(-n2c3ccccc3c3cc4c(cc32)c2ccccc2n4-c2cccnc2)c1. The van der Waals surface area contributed by atoms with Crippen molar-refractivity contribution >= 4 is 60.4 Å². The standard InChI is InChI=1S/C44H29N7/c45-43(49-44-47-37-20-7-4-19-34(37)42(48-44)28-12-2-1-3-13-28)29-14-10-15-30(24-29)50-38-21-8-5-17-32(38)35-26-41-36(25-40(35)50)33-18-6-9-22-39(33)51(41)31-16-11-23-46-27-31/h1-27H,(H2,45,47,48,49). The zero-order valence-corrected chi connectivity index (χ0v) is 27.3. The van der Waals surface area contributed by atoms with Crippen LogP contribution in [0.3, 0.4) is 0 Å². The van der Waals surface area contributed by atoms with Crippen molar-refractivity contribution in [1.82, 2.24) is 24.1 Å². The van der Waals surface area contributed by atoms with Crippen LogP contribution in [-0.4, -0.2) is 29.9 Å². The summed E-state index contributed by atoms with van der Waals surface area (Å²) in [4.78, 5) is 17.4. The molecular weight excluding hydrogens is 627 g/mol. The third kappa shape index (κ3) is 4.67. The number of fused-ring (bicyclic) bond motifs is 7. The predicted molar refractivity (Wildman–Crippen MR) is 207 cm³/mol. The third-order valence-electron chi connectivity index (χ3n) is 9.66. The Morgan fingerprint density at radius 1 is 0.549 bits per heavy atom. The minimum Gasteiger partial charge on any atom is -0.323 e. The van der Waals surface area contributed by atoms with E-state index in [2.05, 4.69) is 98.0 Å². The van der Waals surface area contributed by atoms with Crippen LogP contribution in [0.2, 0.25) is 0 Å². The Morgan fingerprint density at radius 3 is 1.88 bits per heavy atom. The Labute approximate surface area is 292 Å². The summed E-state index contributed by atoms with van der Waals surface area (Å²) in [7, 11) is 0. The average Bonchev–Trinajstić information content (AvgIpc) is 3.69. The van der Waals surface area contributed by atoms with Crippen molar-refractivity contribution in [2.75, 3.05) is 0 Å². The van der Waals surface area contributed by atoms with Crippen LogP contribution >= 0.6 is 0 Å². The van der Waals surface area contributed by atoms with E-state index in [1.54, 1.807) is 0 Å². The van der Waals surface area contributed by atoms with Crippen LogP contribution in [0.5, 0.6) is 0 Å². The number of pyridine rings is 1. The molecule has 4 aromatic heterocycles. The molecule has 4 heterocycles. The molecule has 7 heteroatoms. The highest BCUT2D eigenvalue weighted by molar-refractivity contribution is 6.19. The molecule has 0 radical (unpaired) electrons. The summed E-state index contributed by atoms with van der Waals surface area (Å²) in [5.74, 6) is 0.123. The molecule has 0 unspecified atom stereocenters. The number of rotatable bonds is 4. The van der Waals surface area contributed by atoms with Gasteiger partial charge in [0, 0.05) is 49.9 Å². The van der Waals surface area contributed by atoms with E-state index in [4.69, 9.17) is 15.4 Å². The van der Waals surface area contributed by atoms with Crippen molar-refractivity contribution in [1.29, 1.82) is 5.41 Å². The van der Waals surface area contributed by atoms with Gasteiger partial charge in [-0.15, -0.1) is 0 Å². The summed E-state index contributed by atoms with van der Waals surface area (Å²) in [5, 5.41) is 14.8. The average molecular weight is 656 g/mol. The number of benzene rings is 6. The number of H-pyrrole nitrogens is 1. The summed E-state index contributed by atoms with van der Waals surface area (Å²) in [6, 6.07) is 52.0. The van der Waals surface area contributed by atoms with Crippen molar-refractivity contribution in [3.8, 4) is 22.6 Å². The number of amidine groups is 1. The fraction of sp³-hybridized carbons (Fsp3) is 0. The van der Waals surface area contributed by atoms with Crippen LogP contribution in [0, 0.1) is 5.41 Å². The van der Waals surface area contributed by atoms with E-state index in [1.165, 1.54) is 5.39 Å². The van der Waals surface area contributed by atoms with Crippen molar-refractivity contribution in [2.45, 2.75) is 0 Å². The maximum atomic E-state index is 9.14. The molecule has 10 rings (SSSR count). The summed E-state index contributed by atoms with van der Waals surface area (Å²) in [6.45, 7) is 0. The van der Waals surface area contributed by atoms with Crippen LogP contribution < -0.4 is 5.62 Å². The van der Waals surface area contributed by atoms with Crippen LogP contribution in [-0.2, 0) is 0 Å². The van der Waals surface area contributed by atoms with Crippen molar-refractivity contribution in [3.05, 3.63) is 175 Å². The molecule has 240 valence electrons. The third-order valence-corrected chi connectivity index (χ3v) is 9.66. The van der Waals surface area contributed by atoms with E-state index in [-0.39, 0.29) is 5.84 Å². The van der Waals surface area contributed by atoms with Gasteiger partial charge in [-0.25, -0.2) is 4.98 Å². The van der Waals surface area contributed by atoms with Crippen LogP contribution in [0.25, 0.3) is 77.1 Å². The molecule has 51 heavy (non-hydrogen) atoms. The summed E-state index contributed by atoms with van der Waals surface area (Å²) in [6.07, 6.45) is 3.72. The van der Waals surface area contributed by atoms with Crippen molar-refractivity contribution < 1.29 is 0 Å². The number of para-hydroxylation sites is 3. The Bertz CT molecular complexity index is 3040. The smallest absolute Gasteiger partial charge is 0.229 e. The molecule has 0 saturated carbocycles. The van der Waals surface area contributed by atoms with Gasteiger partial charge >= 0.3 is 0 Å². The molecule has 10 aromatic rings. The molecule has 0 atom stereocenters. The predicted octanol–water partition coefficient (Wildman–Crippen LogP) is 9.75. The molecule has 0 aliphatic rings. The van der Waals surface area contributed by atoms with E-state index in [9.17, 15) is 0 Å². The second-order valence-electron chi connectivity index (χ2n) is 12.6. The zero-order chi connectivity index (χ0) is 33.9. The maximum Gasteiger partial charge on any atom is 0.229 e. The van der Waals surface area contributed by atoms with Crippen LogP contribution in [0.15, 0.2) is 169 Å². The molecule has 0 amide bonds. The number of aromatic amines is 1. The molecule has 7 nitrogen and oxygen atoms in total. The van der Waals surface area contributed by atoms with E-state index in [0.717, 1.165) is 71.8 Å². The lowest BCUT2D eigenvalue weighted by Gasteiger charge is -2.10. The highest BCUT2D eigenvalue weighted by Gasteiger charge is 2.19. The van der Waals surface area contributed by atoms with Gasteiger partial charge in [0.15, 0.2) is 5.84 Å². The first kappa shape index (κ1) is 28.9. The monoisotopic (exact) mass is 655 g/mol. The second kappa shape index (κ2) is 11.5. The Hall–Kier alpha value is -7.12. The molecule has 0 bridgehead atoms. The molecule has 2 N–H and O–H groups in total. The molecule has 0 fully saturated rings. The van der Waals surface area contributed by atoms with Gasteiger partial charge < -0.3 is 14.1 Å². The van der Waals surface area contributed by atoms with Gasteiger partial charge in [0.2, 0.25) is 5.62 Å². The highest BCUT2D eigenvalue weighted by atomic mass is 15.0. The van der Waals surface area contributed by atoms with Gasteiger partial charge in [0.25, 0.3) is 0 Å². The van der Waals surface area contributed by atoms with E-state index < -0.39 is 0 Å². The lowest BCUT2D eigenvalue weighted by atomic mass is 10.1. The minimum atomic E-state index is 0.123. The van der Waals surface area contributed by atoms with Crippen molar-refractivity contribution in [2.24, 2.45) is 4.99 Å². The molecule has 0 aliphatic heterocycles. The first-order valence-electron chi connectivity index (χ1n) is 16.9. The summed E-state index contributed by atoms with van der Waals surface area (Å²) in [5.41, 5.74) is 10.2. The highest BCUT2D eigenvalue weighted by Crippen LogP contribution is 2.39. The molecule has 0 aliphatic carbocycles. The summed E-state index contributed by atoms with van der Waals surface area (Å²) < 4.78 is 4.60. The van der Waals surface area contributed by atoms with Crippen LogP contribution in [0.4, 0.5) is 0 Å². The first-order chi connectivity index (χ1) is 25.2. The summed E-state index contributed by atoms with van der Waals surface area (Å²) >= 11 is 0. The van der Waals surface area contributed by atoms with Gasteiger partial charge in [0.1, 0.15) is 0 Å². The normalized spacial score (nSPS) is 12.1. The second-order valence-corrected chi connectivity index (χ2v) is 12.6. The van der Waals surface area contributed by atoms with Gasteiger partial charge in [-0.1, -0.05) is 97.1 Å². The Morgan fingerprint density at radius 2 is 1.18 bits per heavy atom. The minimum absolute atomic E-state index is 0.123. The number of nitrogens with zero attached hydrogens (tertiary/aromatic N) is 5. The largest absolute Gasteiger partial charge is 0.323 e. The topological polar surface area (TPSA) is 87.6 Å². The van der Waals surface area contributed by atoms with E-state index in [0.29, 0.717) is 11.2 Å². The fourth-order valence-electron chi connectivity index (χ4n) is 7.42. The Balaban J connectivity index is 1.15. The van der Waals surface area contributed by atoms with Gasteiger partial charge in [-0.2, -0.15) is 4.99 Å².